The SMILES string of the molecule is COCC(C)OCc1cnc(Cl)cc1Cl. The molecule has 0 amide bonds. The molecule has 0 spiro atoms. The highest BCUT2D eigenvalue weighted by atomic mass is 35.5. The van der Waals surface area contributed by atoms with Crippen molar-refractivity contribution in [2.24, 2.45) is 0 Å². The fraction of sp³-hybridized carbons (Fsp3) is 0.500. The van der Waals surface area contributed by atoms with E-state index in [1.807, 2.05) is 6.92 Å². The van der Waals surface area contributed by atoms with Crippen LogP contribution in [0.15, 0.2) is 12.3 Å². The van der Waals surface area contributed by atoms with Gasteiger partial charge in [0.1, 0.15) is 5.15 Å². The number of aromatic nitrogens is 1. The summed E-state index contributed by atoms with van der Waals surface area (Å²) in [6, 6.07) is 1.60. The lowest BCUT2D eigenvalue weighted by Crippen LogP contribution is -2.14. The Bertz CT molecular complexity index is 320. The second-order valence-corrected chi connectivity index (χ2v) is 3.97. The van der Waals surface area contributed by atoms with Crippen LogP contribution in [0.2, 0.25) is 10.2 Å². The quantitative estimate of drug-likeness (QED) is 0.753. The molecule has 0 saturated heterocycles. The normalized spacial score (nSPS) is 12.8. The molecule has 1 unspecified atom stereocenters. The predicted molar refractivity (Wildman–Crippen MR) is 60.4 cm³/mol. The van der Waals surface area contributed by atoms with Gasteiger partial charge in [0, 0.05) is 18.9 Å². The molecule has 1 heterocycles. The Balaban J connectivity index is 2.50. The predicted octanol–water partition coefficient (Wildman–Crippen LogP) is 2.94. The van der Waals surface area contributed by atoms with Gasteiger partial charge >= 0.3 is 0 Å². The van der Waals surface area contributed by atoms with E-state index in [1.54, 1.807) is 19.4 Å². The molecule has 0 N–H and O–H groups in total. The Morgan fingerprint density at radius 1 is 1.47 bits per heavy atom. The monoisotopic (exact) mass is 249 g/mol. The molecule has 0 aliphatic carbocycles. The Morgan fingerprint density at radius 3 is 2.80 bits per heavy atom. The van der Waals surface area contributed by atoms with Crippen LogP contribution in [0, 0.1) is 0 Å². The molecule has 0 aromatic carbocycles. The number of nitrogens with zero attached hydrogens (tertiary/aromatic N) is 1. The molecule has 0 bridgehead atoms. The minimum atomic E-state index is 0.0294. The van der Waals surface area contributed by atoms with Gasteiger partial charge in [0.25, 0.3) is 0 Å². The Morgan fingerprint density at radius 2 is 2.20 bits per heavy atom. The molecule has 1 aromatic rings. The van der Waals surface area contributed by atoms with Gasteiger partial charge in [-0.05, 0) is 13.0 Å². The summed E-state index contributed by atoms with van der Waals surface area (Å²) in [5.74, 6) is 0. The minimum Gasteiger partial charge on any atom is -0.382 e. The molecular weight excluding hydrogens is 237 g/mol. The molecule has 5 heteroatoms. The van der Waals surface area contributed by atoms with Crippen molar-refractivity contribution in [3.63, 3.8) is 0 Å². The zero-order valence-corrected chi connectivity index (χ0v) is 10.2. The van der Waals surface area contributed by atoms with Gasteiger partial charge in [0.05, 0.1) is 24.3 Å². The van der Waals surface area contributed by atoms with Gasteiger partial charge in [-0.3, -0.25) is 0 Å². The van der Waals surface area contributed by atoms with E-state index < -0.39 is 0 Å². The zero-order chi connectivity index (χ0) is 11.3. The standard InChI is InChI=1S/C10H13Cl2NO2/c1-7(5-14-2)15-6-8-4-13-10(12)3-9(8)11/h3-4,7H,5-6H2,1-2H3. The lowest BCUT2D eigenvalue weighted by molar-refractivity contribution is -0.000186. The summed E-state index contributed by atoms with van der Waals surface area (Å²) in [6.07, 6.45) is 1.64. The highest BCUT2D eigenvalue weighted by Crippen LogP contribution is 2.19. The molecule has 0 saturated carbocycles. The van der Waals surface area contributed by atoms with E-state index in [0.29, 0.717) is 23.4 Å². The highest BCUT2D eigenvalue weighted by Gasteiger charge is 2.05. The number of halogens is 2. The van der Waals surface area contributed by atoms with Crippen molar-refractivity contribution >= 4 is 23.2 Å². The first-order chi connectivity index (χ1) is 7.13. The lowest BCUT2D eigenvalue weighted by atomic mass is 10.3. The van der Waals surface area contributed by atoms with Gasteiger partial charge in [-0.2, -0.15) is 0 Å². The van der Waals surface area contributed by atoms with E-state index in [0.717, 1.165) is 5.56 Å². The summed E-state index contributed by atoms with van der Waals surface area (Å²) < 4.78 is 10.4. The fourth-order valence-electron chi connectivity index (χ4n) is 1.06. The van der Waals surface area contributed by atoms with Crippen LogP contribution in [0.4, 0.5) is 0 Å². The molecule has 1 atom stereocenters. The van der Waals surface area contributed by atoms with E-state index in [9.17, 15) is 0 Å². The van der Waals surface area contributed by atoms with E-state index >= 15 is 0 Å². The number of pyridine rings is 1. The zero-order valence-electron chi connectivity index (χ0n) is 8.67. The average Bonchev–Trinajstić information content (AvgIpc) is 2.17. The van der Waals surface area contributed by atoms with Gasteiger partial charge in [0.2, 0.25) is 0 Å². The number of hydrogen-bond donors (Lipinski definition) is 0. The third-order valence-corrected chi connectivity index (χ3v) is 2.38. The maximum absolute atomic E-state index is 5.95. The summed E-state index contributed by atoms with van der Waals surface area (Å²) >= 11 is 11.6. The summed E-state index contributed by atoms with van der Waals surface area (Å²) in [6.45, 7) is 2.90. The number of ether oxygens (including phenoxy) is 2. The molecule has 1 aromatic heterocycles. The second-order valence-electron chi connectivity index (χ2n) is 3.18. The van der Waals surface area contributed by atoms with Crippen molar-refractivity contribution in [2.45, 2.75) is 19.6 Å². The Labute approximate surface area is 99.3 Å². The van der Waals surface area contributed by atoms with Crippen LogP contribution in [0.25, 0.3) is 0 Å². The van der Waals surface area contributed by atoms with Crippen LogP contribution in [0.1, 0.15) is 12.5 Å². The molecule has 0 radical (unpaired) electrons. The van der Waals surface area contributed by atoms with Crippen LogP contribution in [-0.4, -0.2) is 24.8 Å². The third-order valence-electron chi connectivity index (χ3n) is 1.82. The maximum atomic E-state index is 5.95. The largest absolute Gasteiger partial charge is 0.382 e. The number of hydrogen-bond acceptors (Lipinski definition) is 3. The molecule has 3 nitrogen and oxygen atoms in total. The molecule has 0 aliphatic heterocycles. The first kappa shape index (κ1) is 12.7. The summed E-state index contributed by atoms with van der Waals surface area (Å²) in [7, 11) is 1.64. The Hall–Kier alpha value is -0.350. The molecule has 84 valence electrons. The minimum absolute atomic E-state index is 0.0294. The van der Waals surface area contributed by atoms with Crippen molar-refractivity contribution in [3.05, 3.63) is 28.0 Å². The van der Waals surface area contributed by atoms with Crippen molar-refractivity contribution in [1.29, 1.82) is 0 Å². The van der Waals surface area contributed by atoms with Gasteiger partial charge in [0.15, 0.2) is 0 Å². The summed E-state index contributed by atoms with van der Waals surface area (Å²) in [5, 5.41) is 0.952. The summed E-state index contributed by atoms with van der Waals surface area (Å²) in [4.78, 5) is 3.93. The number of methoxy groups -OCH3 is 1. The second kappa shape index (κ2) is 6.28. The van der Waals surface area contributed by atoms with E-state index in [1.165, 1.54) is 0 Å². The van der Waals surface area contributed by atoms with Gasteiger partial charge in [-0.1, -0.05) is 23.2 Å². The third kappa shape index (κ3) is 4.34. The molecule has 1 rings (SSSR count). The highest BCUT2D eigenvalue weighted by molar-refractivity contribution is 6.34. The van der Waals surface area contributed by atoms with Gasteiger partial charge in [-0.25, -0.2) is 4.98 Å². The van der Waals surface area contributed by atoms with Crippen molar-refractivity contribution in [1.82, 2.24) is 4.98 Å². The lowest BCUT2D eigenvalue weighted by Gasteiger charge is -2.12. The van der Waals surface area contributed by atoms with Gasteiger partial charge in [-0.15, -0.1) is 0 Å². The first-order valence-electron chi connectivity index (χ1n) is 4.54. The molecular formula is C10H13Cl2NO2. The van der Waals surface area contributed by atoms with Crippen LogP contribution >= 0.6 is 23.2 Å². The maximum Gasteiger partial charge on any atom is 0.130 e. The van der Waals surface area contributed by atoms with E-state index in [4.69, 9.17) is 32.7 Å². The molecule has 0 aliphatic rings. The van der Waals surface area contributed by atoms with Crippen LogP contribution in [0.3, 0.4) is 0 Å². The van der Waals surface area contributed by atoms with Crippen LogP contribution in [-0.2, 0) is 16.1 Å². The first-order valence-corrected chi connectivity index (χ1v) is 5.29. The van der Waals surface area contributed by atoms with E-state index in [-0.39, 0.29) is 6.10 Å². The number of rotatable bonds is 5. The Kier molecular flexibility index (Phi) is 5.32. The summed E-state index contributed by atoms with van der Waals surface area (Å²) in [5.41, 5.74) is 0.823. The van der Waals surface area contributed by atoms with E-state index in [2.05, 4.69) is 4.98 Å². The van der Waals surface area contributed by atoms with Crippen LogP contribution < -0.4 is 0 Å². The average molecular weight is 250 g/mol. The molecule has 0 fully saturated rings. The van der Waals surface area contributed by atoms with Crippen molar-refractivity contribution in [3.8, 4) is 0 Å². The molecule has 15 heavy (non-hydrogen) atoms. The fourth-order valence-corrected chi connectivity index (χ4v) is 1.48. The smallest absolute Gasteiger partial charge is 0.130 e. The van der Waals surface area contributed by atoms with Crippen molar-refractivity contribution in [2.75, 3.05) is 13.7 Å². The van der Waals surface area contributed by atoms with Gasteiger partial charge < -0.3 is 9.47 Å². The topological polar surface area (TPSA) is 31.4 Å². The van der Waals surface area contributed by atoms with Crippen molar-refractivity contribution < 1.29 is 9.47 Å². The van der Waals surface area contributed by atoms with Crippen LogP contribution in [0.5, 0.6) is 0 Å².